The lowest BCUT2D eigenvalue weighted by Crippen LogP contribution is -2.26. The van der Waals surface area contributed by atoms with Crippen LogP contribution in [0.5, 0.6) is 0 Å². The fourth-order valence-electron chi connectivity index (χ4n) is 2.71. The maximum absolute atomic E-state index is 13.9. The third-order valence-corrected chi connectivity index (χ3v) is 3.97. The molecule has 3 aromatic rings. The summed E-state index contributed by atoms with van der Waals surface area (Å²) >= 11 is 0. The van der Waals surface area contributed by atoms with Crippen molar-refractivity contribution >= 4 is 10.9 Å². The molecule has 1 aromatic heterocycles. The molecule has 0 spiro atoms. The molecule has 124 valence electrons. The maximum Gasteiger partial charge on any atom is 0.258 e. The largest absolute Gasteiger partial charge is 0.309 e. The van der Waals surface area contributed by atoms with E-state index in [1.807, 2.05) is 13.0 Å². The predicted octanol–water partition coefficient (Wildman–Crippen LogP) is 3.61. The molecule has 0 aliphatic carbocycles. The van der Waals surface area contributed by atoms with Crippen molar-refractivity contribution in [2.45, 2.75) is 25.9 Å². The molecule has 0 saturated heterocycles. The second-order valence-electron chi connectivity index (χ2n) is 5.74. The summed E-state index contributed by atoms with van der Waals surface area (Å²) in [6, 6.07) is 9.85. The Balaban J connectivity index is 1.86. The van der Waals surface area contributed by atoms with E-state index < -0.39 is 11.6 Å². The lowest BCUT2D eigenvalue weighted by molar-refractivity contribution is 0.457. The molecule has 0 unspecified atom stereocenters. The summed E-state index contributed by atoms with van der Waals surface area (Å²) in [7, 11) is 0. The predicted molar refractivity (Wildman–Crippen MR) is 88.7 cm³/mol. The Morgan fingerprint density at radius 3 is 2.58 bits per heavy atom. The van der Waals surface area contributed by atoms with Crippen molar-refractivity contribution in [2.24, 2.45) is 0 Å². The molecule has 2 N–H and O–H groups in total. The van der Waals surface area contributed by atoms with Crippen molar-refractivity contribution in [3.8, 4) is 0 Å². The van der Waals surface area contributed by atoms with Crippen molar-refractivity contribution in [1.82, 2.24) is 15.3 Å². The van der Waals surface area contributed by atoms with Gasteiger partial charge < -0.3 is 10.3 Å². The number of nitrogens with zero attached hydrogens (tertiary/aromatic N) is 1. The maximum atomic E-state index is 13.9. The van der Waals surface area contributed by atoms with Gasteiger partial charge in [0.2, 0.25) is 0 Å². The number of H-pyrrole nitrogens is 1. The molecular formula is C18H17F2N3O. The average Bonchev–Trinajstić information content (AvgIpc) is 2.54. The van der Waals surface area contributed by atoms with Gasteiger partial charge in [-0.15, -0.1) is 0 Å². The van der Waals surface area contributed by atoms with Crippen LogP contribution in [0, 0.1) is 11.6 Å². The molecule has 3 rings (SSSR count). The van der Waals surface area contributed by atoms with E-state index in [1.54, 1.807) is 25.1 Å². The number of benzene rings is 2. The lowest BCUT2D eigenvalue weighted by Gasteiger charge is -2.20. The molecule has 0 bridgehead atoms. The zero-order valence-electron chi connectivity index (χ0n) is 13.3. The Hall–Kier alpha value is -2.60. The van der Waals surface area contributed by atoms with Crippen LogP contribution in [0.2, 0.25) is 0 Å². The van der Waals surface area contributed by atoms with E-state index in [1.165, 1.54) is 12.1 Å². The first-order chi connectivity index (χ1) is 11.5. The molecule has 0 saturated carbocycles. The number of halogens is 2. The van der Waals surface area contributed by atoms with Crippen LogP contribution in [0.25, 0.3) is 10.9 Å². The quantitative estimate of drug-likeness (QED) is 0.769. The normalized spacial score (nSPS) is 13.8. The Labute approximate surface area is 137 Å². The Kier molecular flexibility index (Phi) is 4.40. The topological polar surface area (TPSA) is 57.8 Å². The monoisotopic (exact) mass is 329 g/mol. The molecule has 24 heavy (non-hydrogen) atoms. The van der Waals surface area contributed by atoms with Gasteiger partial charge in [-0.3, -0.25) is 4.79 Å². The van der Waals surface area contributed by atoms with Gasteiger partial charge in [0, 0.05) is 17.7 Å². The fourth-order valence-corrected chi connectivity index (χ4v) is 2.71. The van der Waals surface area contributed by atoms with Crippen molar-refractivity contribution < 1.29 is 8.78 Å². The zero-order valence-corrected chi connectivity index (χ0v) is 13.3. The average molecular weight is 329 g/mol. The van der Waals surface area contributed by atoms with Gasteiger partial charge >= 0.3 is 0 Å². The van der Waals surface area contributed by atoms with Gasteiger partial charge in [0.15, 0.2) is 0 Å². The number of nitrogens with one attached hydrogen (secondary N) is 2. The van der Waals surface area contributed by atoms with Gasteiger partial charge in [-0.2, -0.15) is 0 Å². The highest BCUT2D eigenvalue weighted by atomic mass is 19.1. The molecular weight excluding hydrogens is 312 g/mol. The number of rotatable bonds is 4. The number of para-hydroxylation sites is 1. The molecule has 0 aliphatic heterocycles. The second-order valence-corrected chi connectivity index (χ2v) is 5.74. The second kappa shape index (κ2) is 6.49. The van der Waals surface area contributed by atoms with Gasteiger partial charge in [0.1, 0.15) is 17.5 Å². The summed E-state index contributed by atoms with van der Waals surface area (Å²) in [5.41, 5.74) is 0.738. The molecule has 4 nitrogen and oxygen atoms in total. The van der Waals surface area contributed by atoms with Crippen molar-refractivity contribution in [2.75, 3.05) is 0 Å². The van der Waals surface area contributed by atoms with Gasteiger partial charge in [-0.25, -0.2) is 13.8 Å². The van der Waals surface area contributed by atoms with Crippen molar-refractivity contribution in [3.05, 3.63) is 75.8 Å². The van der Waals surface area contributed by atoms with E-state index in [2.05, 4.69) is 15.3 Å². The molecule has 0 aliphatic rings. The van der Waals surface area contributed by atoms with Crippen LogP contribution in [0.4, 0.5) is 8.78 Å². The number of hydrogen-bond acceptors (Lipinski definition) is 3. The van der Waals surface area contributed by atoms with Crippen LogP contribution in [0.1, 0.15) is 37.3 Å². The van der Waals surface area contributed by atoms with Crippen molar-refractivity contribution in [1.29, 1.82) is 0 Å². The number of fused-ring (bicyclic) bond motifs is 1. The molecule has 0 amide bonds. The lowest BCUT2D eigenvalue weighted by atomic mass is 10.1. The standard InChI is InChI=1S/C18H17F2N3O/c1-10(13-8-7-12(19)9-15(13)20)21-11(2)17-22-16-6-4-3-5-14(16)18(24)23-17/h3-11,21H,1-2H3,(H,22,23,24)/t10-,11+/m0/s1. The highest BCUT2D eigenvalue weighted by Crippen LogP contribution is 2.21. The Bertz CT molecular complexity index is 939. The minimum atomic E-state index is -0.614. The summed E-state index contributed by atoms with van der Waals surface area (Å²) in [6.45, 7) is 3.59. The third kappa shape index (κ3) is 3.19. The van der Waals surface area contributed by atoms with Gasteiger partial charge in [-0.1, -0.05) is 18.2 Å². The first-order valence-corrected chi connectivity index (χ1v) is 7.65. The smallest absolute Gasteiger partial charge is 0.258 e. The number of aromatic amines is 1. The van der Waals surface area contributed by atoms with Crippen LogP contribution < -0.4 is 10.9 Å². The first-order valence-electron chi connectivity index (χ1n) is 7.65. The number of aromatic nitrogens is 2. The Morgan fingerprint density at radius 2 is 1.83 bits per heavy atom. The summed E-state index contributed by atoms with van der Waals surface area (Å²) in [6.07, 6.45) is 0. The minimum Gasteiger partial charge on any atom is -0.309 e. The third-order valence-electron chi connectivity index (χ3n) is 3.97. The van der Waals surface area contributed by atoms with Crippen LogP contribution in [0.15, 0.2) is 47.3 Å². The van der Waals surface area contributed by atoms with E-state index in [0.29, 0.717) is 22.3 Å². The highest BCUT2D eigenvalue weighted by molar-refractivity contribution is 5.77. The summed E-state index contributed by atoms with van der Waals surface area (Å²) in [4.78, 5) is 19.3. The summed E-state index contributed by atoms with van der Waals surface area (Å²) in [5, 5.41) is 3.69. The van der Waals surface area contributed by atoms with E-state index >= 15 is 0 Å². The molecule has 2 atom stereocenters. The van der Waals surface area contributed by atoms with Crippen LogP contribution in [0.3, 0.4) is 0 Å². The minimum absolute atomic E-state index is 0.218. The zero-order chi connectivity index (χ0) is 17.3. The van der Waals surface area contributed by atoms with Crippen LogP contribution in [-0.4, -0.2) is 9.97 Å². The van der Waals surface area contributed by atoms with Gasteiger partial charge in [0.05, 0.1) is 16.9 Å². The van der Waals surface area contributed by atoms with Crippen LogP contribution in [-0.2, 0) is 0 Å². The SMILES string of the molecule is C[C@H](N[C@H](C)c1nc2ccccc2c(=O)[nH]1)c1ccc(F)cc1F. The number of hydrogen-bond donors (Lipinski definition) is 2. The van der Waals surface area contributed by atoms with Crippen molar-refractivity contribution in [3.63, 3.8) is 0 Å². The van der Waals surface area contributed by atoms with Gasteiger partial charge in [0.25, 0.3) is 5.56 Å². The van der Waals surface area contributed by atoms with E-state index in [4.69, 9.17) is 0 Å². The molecule has 1 heterocycles. The van der Waals surface area contributed by atoms with E-state index in [9.17, 15) is 13.6 Å². The summed E-state index contributed by atoms with van der Waals surface area (Å²) < 4.78 is 26.9. The highest BCUT2D eigenvalue weighted by Gasteiger charge is 2.17. The van der Waals surface area contributed by atoms with Crippen LogP contribution >= 0.6 is 0 Å². The molecule has 0 fully saturated rings. The summed E-state index contributed by atoms with van der Waals surface area (Å²) in [5.74, 6) is -0.757. The molecule has 2 aromatic carbocycles. The Morgan fingerprint density at radius 1 is 1.08 bits per heavy atom. The molecule has 0 radical (unpaired) electrons. The molecule has 6 heteroatoms. The van der Waals surface area contributed by atoms with E-state index in [-0.39, 0.29) is 17.6 Å². The first kappa shape index (κ1) is 16.3. The fraction of sp³-hybridized carbons (Fsp3) is 0.222. The van der Waals surface area contributed by atoms with E-state index in [0.717, 1.165) is 6.07 Å². The van der Waals surface area contributed by atoms with Gasteiger partial charge in [-0.05, 0) is 32.0 Å².